The number of thioether (sulfide) groups is 1. The standard InChI is InChI=1S/C18H16BrN3O2S2/c1-3-8-22-17(24)14-9-11(2)26-16(14)21-18(22)25-10-15(23)20-13-6-4-12(19)5-7-13/h3-7,9H,1,8,10H2,2H3,(H,20,23). The van der Waals surface area contributed by atoms with Crippen molar-refractivity contribution in [1.82, 2.24) is 9.55 Å². The first-order chi connectivity index (χ1) is 12.5. The fraction of sp³-hybridized carbons (Fsp3) is 0.167. The van der Waals surface area contributed by atoms with Crippen LogP contribution in [0.3, 0.4) is 0 Å². The van der Waals surface area contributed by atoms with Crippen molar-refractivity contribution >= 4 is 60.8 Å². The minimum absolute atomic E-state index is 0.102. The molecule has 0 spiro atoms. The maximum Gasteiger partial charge on any atom is 0.263 e. The number of thiophene rings is 1. The number of aryl methyl sites for hydroxylation is 1. The summed E-state index contributed by atoms with van der Waals surface area (Å²) in [5, 5.41) is 3.97. The molecule has 0 radical (unpaired) electrons. The number of nitrogens with one attached hydrogen (secondary N) is 1. The summed E-state index contributed by atoms with van der Waals surface area (Å²) in [6.07, 6.45) is 1.65. The van der Waals surface area contributed by atoms with E-state index in [9.17, 15) is 9.59 Å². The van der Waals surface area contributed by atoms with E-state index in [1.807, 2.05) is 37.3 Å². The number of nitrogens with zero attached hydrogens (tertiary/aromatic N) is 2. The molecule has 2 aromatic heterocycles. The maximum absolute atomic E-state index is 12.7. The summed E-state index contributed by atoms with van der Waals surface area (Å²) in [5.41, 5.74) is 0.620. The molecule has 8 heteroatoms. The summed E-state index contributed by atoms with van der Waals surface area (Å²) in [7, 11) is 0. The molecule has 1 aromatic carbocycles. The van der Waals surface area contributed by atoms with E-state index < -0.39 is 0 Å². The second kappa shape index (κ2) is 8.20. The van der Waals surface area contributed by atoms with Gasteiger partial charge in [0.2, 0.25) is 5.91 Å². The molecule has 1 amide bonds. The molecule has 0 fully saturated rings. The molecule has 134 valence electrons. The molecule has 3 aromatic rings. The minimum atomic E-state index is -0.154. The topological polar surface area (TPSA) is 64.0 Å². The summed E-state index contributed by atoms with van der Waals surface area (Å²) in [6.45, 7) is 6.01. The van der Waals surface area contributed by atoms with Gasteiger partial charge in [0.05, 0.1) is 11.1 Å². The number of amides is 1. The van der Waals surface area contributed by atoms with Gasteiger partial charge in [0.15, 0.2) is 5.16 Å². The molecule has 0 saturated heterocycles. The van der Waals surface area contributed by atoms with Gasteiger partial charge in [-0.05, 0) is 37.3 Å². The van der Waals surface area contributed by atoms with Crippen LogP contribution in [0.4, 0.5) is 5.69 Å². The summed E-state index contributed by atoms with van der Waals surface area (Å²) in [4.78, 5) is 31.2. The fourth-order valence-corrected chi connectivity index (χ4v) is 4.37. The average Bonchev–Trinajstić information content (AvgIpc) is 2.99. The highest BCUT2D eigenvalue weighted by atomic mass is 79.9. The van der Waals surface area contributed by atoms with Crippen molar-refractivity contribution in [3.8, 4) is 0 Å². The van der Waals surface area contributed by atoms with Crippen molar-refractivity contribution in [2.45, 2.75) is 18.6 Å². The number of benzene rings is 1. The zero-order valence-electron chi connectivity index (χ0n) is 14.0. The first kappa shape index (κ1) is 18.9. The van der Waals surface area contributed by atoms with Crippen LogP contribution < -0.4 is 10.9 Å². The Morgan fingerprint density at radius 3 is 2.85 bits per heavy atom. The third-order valence-electron chi connectivity index (χ3n) is 3.51. The number of carbonyl (C=O) groups excluding carboxylic acids is 1. The lowest BCUT2D eigenvalue weighted by atomic mass is 10.3. The molecule has 0 aliphatic carbocycles. The molecule has 2 heterocycles. The predicted molar refractivity (Wildman–Crippen MR) is 112 cm³/mol. The number of rotatable bonds is 6. The van der Waals surface area contributed by atoms with Crippen LogP contribution in [-0.2, 0) is 11.3 Å². The summed E-state index contributed by atoms with van der Waals surface area (Å²) in [5.74, 6) is 0.00868. The van der Waals surface area contributed by atoms with Gasteiger partial charge in [-0.1, -0.05) is 33.8 Å². The largest absolute Gasteiger partial charge is 0.325 e. The predicted octanol–water partition coefficient (Wildman–Crippen LogP) is 4.45. The molecular formula is C18H16BrN3O2S2. The number of halogens is 1. The quantitative estimate of drug-likeness (QED) is 0.343. The Kier molecular flexibility index (Phi) is 5.95. The molecule has 0 unspecified atom stereocenters. The maximum atomic E-state index is 12.7. The van der Waals surface area contributed by atoms with Gasteiger partial charge in [-0.2, -0.15) is 0 Å². The van der Waals surface area contributed by atoms with Crippen molar-refractivity contribution < 1.29 is 4.79 Å². The van der Waals surface area contributed by atoms with Crippen LogP contribution in [0.1, 0.15) is 4.88 Å². The number of hydrogen-bond acceptors (Lipinski definition) is 5. The average molecular weight is 450 g/mol. The van der Waals surface area contributed by atoms with Gasteiger partial charge >= 0.3 is 0 Å². The Morgan fingerprint density at radius 1 is 1.42 bits per heavy atom. The van der Waals surface area contributed by atoms with Crippen LogP contribution in [0.25, 0.3) is 10.2 Å². The lowest BCUT2D eigenvalue weighted by molar-refractivity contribution is -0.113. The second-order valence-corrected chi connectivity index (χ2v) is 8.61. The van der Waals surface area contributed by atoms with Gasteiger partial charge in [0, 0.05) is 21.6 Å². The normalized spacial score (nSPS) is 10.8. The van der Waals surface area contributed by atoms with Crippen molar-refractivity contribution in [2.75, 3.05) is 11.1 Å². The van der Waals surface area contributed by atoms with Crippen molar-refractivity contribution in [1.29, 1.82) is 0 Å². The molecule has 26 heavy (non-hydrogen) atoms. The molecule has 0 aliphatic heterocycles. The van der Waals surface area contributed by atoms with Gasteiger partial charge in [-0.25, -0.2) is 4.98 Å². The third-order valence-corrected chi connectivity index (χ3v) is 5.96. The van der Waals surface area contributed by atoms with E-state index in [2.05, 4.69) is 32.8 Å². The Bertz CT molecular complexity index is 1030. The Balaban J connectivity index is 1.79. The first-order valence-electron chi connectivity index (χ1n) is 7.78. The zero-order chi connectivity index (χ0) is 18.7. The molecular weight excluding hydrogens is 434 g/mol. The molecule has 1 N–H and O–H groups in total. The number of carbonyl (C=O) groups is 1. The molecule has 0 saturated carbocycles. The zero-order valence-corrected chi connectivity index (χ0v) is 17.2. The highest BCUT2D eigenvalue weighted by Gasteiger charge is 2.14. The second-order valence-electron chi connectivity index (χ2n) is 5.52. The Morgan fingerprint density at radius 2 is 2.15 bits per heavy atom. The number of aromatic nitrogens is 2. The van der Waals surface area contributed by atoms with Crippen LogP contribution in [0.15, 0.2) is 57.4 Å². The van der Waals surface area contributed by atoms with Crippen molar-refractivity contribution in [3.63, 3.8) is 0 Å². The first-order valence-corrected chi connectivity index (χ1v) is 10.4. The lowest BCUT2D eigenvalue weighted by Crippen LogP contribution is -2.23. The Hall–Kier alpha value is -1.90. The SMILES string of the molecule is C=CCn1c(SCC(=O)Nc2ccc(Br)cc2)nc2sc(C)cc2c1=O. The number of allylic oxidation sites excluding steroid dienone is 1. The monoisotopic (exact) mass is 449 g/mol. The van der Waals surface area contributed by atoms with Crippen LogP contribution in [0.2, 0.25) is 0 Å². The van der Waals surface area contributed by atoms with Gasteiger partial charge in [-0.3, -0.25) is 14.2 Å². The van der Waals surface area contributed by atoms with Crippen molar-refractivity contribution in [3.05, 3.63) is 62.7 Å². The van der Waals surface area contributed by atoms with Gasteiger partial charge in [0.25, 0.3) is 5.56 Å². The van der Waals surface area contributed by atoms with E-state index >= 15 is 0 Å². The van der Waals surface area contributed by atoms with E-state index in [1.54, 1.807) is 10.6 Å². The van der Waals surface area contributed by atoms with E-state index in [0.29, 0.717) is 21.9 Å². The smallest absolute Gasteiger partial charge is 0.263 e. The highest BCUT2D eigenvalue weighted by molar-refractivity contribution is 9.10. The molecule has 0 bridgehead atoms. The summed E-state index contributed by atoms with van der Waals surface area (Å²) in [6, 6.07) is 9.21. The molecule has 5 nitrogen and oxygen atoms in total. The van der Waals surface area contributed by atoms with Crippen LogP contribution in [0, 0.1) is 6.92 Å². The number of hydrogen-bond donors (Lipinski definition) is 1. The molecule has 0 atom stereocenters. The highest BCUT2D eigenvalue weighted by Crippen LogP contribution is 2.24. The van der Waals surface area contributed by atoms with E-state index in [-0.39, 0.29) is 17.2 Å². The third kappa shape index (κ3) is 4.25. The van der Waals surface area contributed by atoms with Gasteiger partial charge < -0.3 is 5.32 Å². The van der Waals surface area contributed by atoms with Crippen LogP contribution in [0.5, 0.6) is 0 Å². The van der Waals surface area contributed by atoms with Gasteiger partial charge in [0.1, 0.15) is 4.83 Å². The van der Waals surface area contributed by atoms with E-state index in [4.69, 9.17) is 0 Å². The number of anilines is 1. The van der Waals surface area contributed by atoms with Crippen molar-refractivity contribution in [2.24, 2.45) is 0 Å². The lowest BCUT2D eigenvalue weighted by Gasteiger charge is -2.10. The fourth-order valence-electron chi connectivity index (χ4n) is 2.38. The molecule has 3 rings (SSSR count). The number of fused-ring (bicyclic) bond motifs is 1. The van der Waals surface area contributed by atoms with E-state index in [0.717, 1.165) is 15.0 Å². The van der Waals surface area contributed by atoms with Gasteiger partial charge in [-0.15, -0.1) is 17.9 Å². The van der Waals surface area contributed by atoms with Crippen LogP contribution in [-0.4, -0.2) is 21.2 Å². The summed E-state index contributed by atoms with van der Waals surface area (Å²) < 4.78 is 2.50. The summed E-state index contributed by atoms with van der Waals surface area (Å²) >= 11 is 6.08. The van der Waals surface area contributed by atoms with Crippen LogP contribution >= 0.6 is 39.0 Å². The Labute approximate surface area is 167 Å². The van der Waals surface area contributed by atoms with E-state index in [1.165, 1.54) is 23.1 Å². The molecule has 0 aliphatic rings. The minimum Gasteiger partial charge on any atom is -0.325 e.